The number of nitrogens with one attached hydrogen (secondary N) is 1. The zero-order valence-corrected chi connectivity index (χ0v) is 9.99. The number of thioether (sulfide) groups is 1. The van der Waals surface area contributed by atoms with Gasteiger partial charge in [0.15, 0.2) is 0 Å². The van der Waals surface area contributed by atoms with Crippen molar-refractivity contribution in [1.82, 2.24) is 5.32 Å². The third-order valence-electron chi connectivity index (χ3n) is 3.18. The highest BCUT2D eigenvalue weighted by molar-refractivity contribution is 7.99. The van der Waals surface area contributed by atoms with E-state index < -0.39 is 0 Å². The van der Waals surface area contributed by atoms with Crippen LogP contribution in [0.5, 0.6) is 0 Å². The van der Waals surface area contributed by atoms with E-state index in [1.165, 1.54) is 32.2 Å². The maximum absolute atomic E-state index is 3.71. The van der Waals surface area contributed by atoms with Gasteiger partial charge in [0, 0.05) is 11.3 Å². The molecule has 1 saturated carbocycles. The topological polar surface area (TPSA) is 12.0 Å². The van der Waals surface area contributed by atoms with Crippen molar-refractivity contribution in [3.63, 3.8) is 0 Å². The highest BCUT2D eigenvalue weighted by atomic mass is 32.2. The molecule has 78 valence electrons. The largest absolute Gasteiger partial charge is 0.313 e. The normalized spacial score (nSPS) is 30.7. The van der Waals surface area contributed by atoms with Crippen LogP contribution in [0.15, 0.2) is 0 Å². The lowest BCUT2D eigenvalue weighted by molar-refractivity contribution is 0.445. The molecule has 1 fully saturated rings. The van der Waals surface area contributed by atoms with Gasteiger partial charge in [-0.15, -0.1) is 0 Å². The molecule has 0 heterocycles. The Morgan fingerprint density at radius 1 is 1.46 bits per heavy atom. The molecule has 0 radical (unpaired) electrons. The Hall–Kier alpha value is 0.310. The molecule has 1 aliphatic carbocycles. The van der Waals surface area contributed by atoms with Crippen LogP contribution in [0.1, 0.15) is 39.5 Å². The van der Waals surface area contributed by atoms with Crippen molar-refractivity contribution in [3.8, 4) is 0 Å². The van der Waals surface area contributed by atoms with Crippen LogP contribution in [-0.4, -0.2) is 24.1 Å². The third-order valence-corrected chi connectivity index (χ3v) is 4.35. The van der Waals surface area contributed by atoms with E-state index in [0.717, 1.165) is 17.2 Å². The summed E-state index contributed by atoms with van der Waals surface area (Å²) in [5.41, 5.74) is 0. The number of hydrogen-bond acceptors (Lipinski definition) is 2. The van der Waals surface area contributed by atoms with E-state index in [-0.39, 0.29) is 0 Å². The zero-order valence-electron chi connectivity index (χ0n) is 9.18. The lowest BCUT2D eigenvalue weighted by Gasteiger charge is -2.21. The van der Waals surface area contributed by atoms with Crippen molar-refractivity contribution in [3.05, 3.63) is 0 Å². The summed E-state index contributed by atoms with van der Waals surface area (Å²) in [6.45, 7) is 5.81. The molecule has 0 saturated heterocycles. The van der Waals surface area contributed by atoms with Crippen LogP contribution in [-0.2, 0) is 0 Å². The molecule has 0 aliphatic heterocycles. The predicted octanol–water partition coefficient (Wildman–Crippen LogP) is 2.91. The summed E-state index contributed by atoms with van der Waals surface area (Å²) in [7, 11) is 0. The van der Waals surface area contributed by atoms with E-state index in [0.29, 0.717) is 0 Å². The van der Waals surface area contributed by atoms with Crippen molar-refractivity contribution < 1.29 is 0 Å². The molecule has 0 bridgehead atoms. The molecule has 0 amide bonds. The fourth-order valence-electron chi connectivity index (χ4n) is 1.94. The molecule has 13 heavy (non-hydrogen) atoms. The van der Waals surface area contributed by atoms with Gasteiger partial charge < -0.3 is 5.32 Å². The Bertz CT molecular complexity index is 138. The summed E-state index contributed by atoms with van der Waals surface area (Å²) >= 11 is 2.04. The second-order valence-electron chi connectivity index (χ2n) is 4.23. The van der Waals surface area contributed by atoms with Crippen LogP contribution in [0.25, 0.3) is 0 Å². The van der Waals surface area contributed by atoms with E-state index in [2.05, 4.69) is 25.4 Å². The molecule has 1 N–H and O–H groups in total. The van der Waals surface area contributed by atoms with Gasteiger partial charge in [-0.2, -0.15) is 11.8 Å². The van der Waals surface area contributed by atoms with Crippen LogP contribution in [0.2, 0.25) is 0 Å². The van der Waals surface area contributed by atoms with E-state index in [4.69, 9.17) is 0 Å². The Morgan fingerprint density at radius 3 is 2.85 bits per heavy atom. The maximum atomic E-state index is 3.71. The fourth-order valence-corrected chi connectivity index (χ4v) is 2.90. The average Bonchev–Trinajstić information content (AvgIpc) is 2.61. The second-order valence-corrected chi connectivity index (χ2v) is 5.31. The SMILES string of the molecule is CCC(C)CNC1CCCC1SC. The minimum atomic E-state index is 0.795. The van der Waals surface area contributed by atoms with Crippen molar-refractivity contribution in [2.45, 2.75) is 50.8 Å². The number of rotatable bonds is 5. The van der Waals surface area contributed by atoms with E-state index in [9.17, 15) is 0 Å². The molecule has 1 rings (SSSR count). The van der Waals surface area contributed by atoms with Crippen LogP contribution >= 0.6 is 11.8 Å². The zero-order chi connectivity index (χ0) is 9.68. The van der Waals surface area contributed by atoms with Gasteiger partial charge in [0.25, 0.3) is 0 Å². The Kier molecular flexibility index (Phi) is 5.18. The minimum absolute atomic E-state index is 0.795. The first-order valence-corrected chi connectivity index (χ1v) is 6.82. The molecular weight excluding hydrogens is 178 g/mol. The van der Waals surface area contributed by atoms with Gasteiger partial charge >= 0.3 is 0 Å². The summed E-state index contributed by atoms with van der Waals surface area (Å²) in [4.78, 5) is 0. The summed E-state index contributed by atoms with van der Waals surface area (Å²) in [6.07, 6.45) is 7.77. The van der Waals surface area contributed by atoms with Gasteiger partial charge in [0.05, 0.1) is 0 Å². The molecule has 1 nitrogen and oxygen atoms in total. The number of hydrogen-bond donors (Lipinski definition) is 1. The smallest absolute Gasteiger partial charge is 0.0198 e. The quantitative estimate of drug-likeness (QED) is 0.734. The first-order chi connectivity index (χ1) is 6.27. The van der Waals surface area contributed by atoms with E-state index in [1.54, 1.807) is 0 Å². The van der Waals surface area contributed by atoms with Gasteiger partial charge in [-0.1, -0.05) is 26.7 Å². The monoisotopic (exact) mass is 201 g/mol. The highest BCUT2D eigenvalue weighted by Crippen LogP contribution is 2.28. The molecular formula is C11H23NS. The second kappa shape index (κ2) is 5.92. The summed E-state index contributed by atoms with van der Waals surface area (Å²) in [6, 6.07) is 0.795. The molecule has 0 aromatic carbocycles. The Morgan fingerprint density at radius 2 is 2.23 bits per heavy atom. The van der Waals surface area contributed by atoms with Gasteiger partial charge in [0.2, 0.25) is 0 Å². The van der Waals surface area contributed by atoms with Crippen molar-refractivity contribution >= 4 is 11.8 Å². The van der Waals surface area contributed by atoms with Crippen LogP contribution < -0.4 is 5.32 Å². The van der Waals surface area contributed by atoms with Gasteiger partial charge in [-0.3, -0.25) is 0 Å². The molecule has 3 atom stereocenters. The first-order valence-electron chi connectivity index (χ1n) is 5.54. The minimum Gasteiger partial charge on any atom is -0.313 e. The van der Waals surface area contributed by atoms with Crippen molar-refractivity contribution in [2.24, 2.45) is 5.92 Å². The van der Waals surface area contributed by atoms with Crippen LogP contribution in [0.3, 0.4) is 0 Å². The lowest BCUT2D eigenvalue weighted by Crippen LogP contribution is -2.36. The summed E-state index contributed by atoms with van der Waals surface area (Å²) in [5.74, 6) is 0.836. The fraction of sp³-hybridized carbons (Fsp3) is 1.00. The van der Waals surface area contributed by atoms with Gasteiger partial charge in [-0.05, 0) is 31.6 Å². The van der Waals surface area contributed by atoms with Gasteiger partial charge in [-0.25, -0.2) is 0 Å². The van der Waals surface area contributed by atoms with Crippen molar-refractivity contribution in [2.75, 3.05) is 12.8 Å². The maximum Gasteiger partial charge on any atom is 0.0198 e. The molecule has 3 unspecified atom stereocenters. The van der Waals surface area contributed by atoms with E-state index >= 15 is 0 Å². The van der Waals surface area contributed by atoms with Gasteiger partial charge in [0.1, 0.15) is 0 Å². The Labute approximate surface area is 87.1 Å². The standard InChI is InChI=1S/C11H23NS/c1-4-9(2)8-12-10-6-5-7-11(10)13-3/h9-12H,4-8H2,1-3H3. The predicted molar refractivity (Wildman–Crippen MR) is 62.4 cm³/mol. The molecule has 0 aromatic rings. The van der Waals surface area contributed by atoms with Crippen LogP contribution in [0, 0.1) is 5.92 Å². The highest BCUT2D eigenvalue weighted by Gasteiger charge is 2.25. The average molecular weight is 201 g/mol. The lowest BCUT2D eigenvalue weighted by atomic mass is 10.1. The molecule has 0 aromatic heterocycles. The summed E-state index contributed by atoms with van der Waals surface area (Å²) < 4.78 is 0. The summed E-state index contributed by atoms with van der Waals surface area (Å²) in [5, 5.41) is 4.59. The molecule has 0 spiro atoms. The van der Waals surface area contributed by atoms with Crippen molar-refractivity contribution in [1.29, 1.82) is 0 Å². The first kappa shape index (κ1) is 11.4. The van der Waals surface area contributed by atoms with E-state index in [1.807, 2.05) is 11.8 Å². The third kappa shape index (κ3) is 3.51. The Balaban J connectivity index is 2.19. The molecule has 2 heteroatoms. The van der Waals surface area contributed by atoms with Crippen LogP contribution in [0.4, 0.5) is 0 Å². The molecule has 1 aliphatic rings.